The Morgan fingerprint density at radius 1 is 0.923 bits per heavy atom. The molecule has 1 unspecified atom stereocenters. The van der Waals surface area contributed by atoms with Crippen molar-refractivity contribution in [3.8, 4) is 11.1 Å². The zero-order chi connectivity index (χ0) is 17.8. The second-order valence-electron chi connectivity index (χ2n) is 7.06. The van der Waals surface area contributed by atoms with Crippen LogP contribution in [0.1, 0.15) is 23.1 Å². The first-order valence-corrected chi connectivity index (χ1v) is 9.27. The van der Waals surface area contributed by atoms with Crippen molar-refractivity contribution in [2.75, 3.05) is 6.54 Å². The van der Waals surface area contributed by atoms with Crippen LogP contribution in [0, 0.1) is 6.92 Å². The monoisotopic (exact) mass is 340 g/mol. The molecule has 130 valence electrons. The minimum atomic E-state index is 0.449. The van der Waals surface area contributed by atoms with Crippen molar-refractivity contribution in [3.05, 3.63) is 95.8 Å². The van der Waals surface area contributed by atoms with Crippen molar-refractivity contribution in [1.29, 1.82) is 0 Å². The Kier molecular flexibility index (Phi) is 4.94. The normalized spacial score (nSPS) is 17.0. The van der Waals surface area contributed by atoms with E-state index in [4.69, 9.17) is 0 Å². The van der Waals surface area contributed by atoms with E-state index < -0.39 is 0 Å². The summed E-state index contributed by atoms with van der Waals surface area (Å²) in [7, 11) is 0. The molecule has 4 rings (SSSR count). The van der Waals surface area contributed by atoms with Crippen molar-refractivity contribution < 1.29 is 0 Å². The summed E-state index contributed by atoms with van der Waals surface area (Å²) in [5, 5.41) is 3.63. The second-order valence-corrected chi connectivity index (χ2v) is 7.06. The molecule has 2 heterocycles. The fraction of sp³-hybridized carbons (Fsp3) is 0.208. The lowest BCUT2D eigenvalue weighted by Crippen LogP contribution is -2.34. The van der Waals surface area contributed by atoms with E-state index in [0.29, 0.717) is 6.04 Å². The summed E-state index contributed by atoms with van der Waals surface area (Å²) in [5.41, 5.74) is 7.77. The number of nitrogens with one attached hydrogen (secondary N) is 1. The first-order chi connectivity index (χ1) is 12.8. The highest BCUT2D eigenvalue weighted by Crippen LogP contribution is 2.25. The van der Waals surface area contributed by atoms with Gasteiger partial charge in [-0.1, -0.05) is 66.2 Å². The average Bonchev–Trinajstić information content (AvgIpc) is 2.70. The molecule has 26 heavy (non-hydrogen) atoms. The molecule has 1 aliphatic rings. The molecule has 0 saturated carbocycles. The van der Waals surface area contributed by atoms with Crippen LogP contribution < -0.4 is 5.32 Å². The number of nitrogens with zero attached hydrogens (tertiary/aromatic N) is 1. The fourth-order valence-corrected chi connectivity index (χ4v) is 3.59. The zero-order valence-corrected chi connectivity index (χ0v) is 15.2. The van der Waals surface area contributed by atoms with Gasteiger partial charge in [0.2, 0.25) is 0 Å². The number of aryl methyl sites for hydroxylation is 1. The van der Waals surface area contributed by atoms with Crippen molar-refractivity contribution in [1.82, 2.24) is 10.3 Å². The van der Waals surface area contributed by atoms with Gasteiger partial charge in [0.25, 0.3) is 0 Å². The Balaban J connectivity index is 1.48. The number of benzene rings is 2. The van der Waals surface area contributed by atoms with Crippen LogP contribution in [-0.2, 0) is 6.42 Å². The van der Waals surface area contributed by atoms with Gasteiger partial charge >= 0.3 is 0 Å². The van der Waals surface area contributed by atoms with E-state index in [-0.39, 0.29) is 0 Å². The molecular formula is C24H24N2. The zero-order valence-electron chi connectivity index (χ0n) is 15.2. The van der Waals surface area contributed by atoms with E-state index >= 15 is 0 Å². The molecule has 0 aliphatic carbocycles. The van der Waals surface area contributed by atoms with E-state index in [9.17, 15) is 0 Å². The predicted molar refractivity (Wildman–Crippen MR) is 109 cm³/mol. The summed E-state index contributed by atoms with van der Waals surface area (Å²) in [6.45, 7) is 3.05. The van der Waals surface area contributed by atoms with E-state index in [2.05, 4.69) is 84.0 Å². The molecule has 2 heteroatoms. The van der Waals surface area contributed by atoms with Crippen LogP contribution >= 0.6 is 0 Å². The van der Waals surface area contributed by atoms with E-state index in [1.165, 1.54) is 33.4 Å². The van der Waals surface area contributed by atoms with Crippen LogP contribution in [0.5, 0.6) is 0 Å². The minimum Gasteiger partial charge on any atom is -0.310 e. The molecule has 0 radical (unpaired) electrons. The van der Waals surface area contributed by atoms with Gasteiger partial charge in [-0.05, 0) is 48.1 Å². The van der Waals surface area contributed by atoms with Gasteiger partial charge in [-0.15, -0.1) is 0 Å². The van der Waals surface area contributed by atoms with Gasteiger partial charge in [0.15, 0.2) is 0 Å². The third kappa shape index (κ3) is 3.92. The summed E-state index contributed by atoms with van der Waals surface area (Å²) in [4.78, 5) is 4.48. The topological polar surface area (TPSA) is 24.9 Å². The summed E-state index contributed by atoms with van der Waals surface area (Å²) in [6.07, 6.45) is 8.32. The molecule has 1 atom stereocenters. The molecule has 0 spiro atoms. The molecule has 2 nitrogen and oxygen atoms in total. The van der Waals surface area contributed by atoms with Crippen LogP contribution in [0.3, 0.4) is 0 Å². The fourth-order valence-electron chi connectivity index (χ4n) is 3.59. The maximum atomic E-state index is 4.48. The highest BCUT2D eigenvalue weighted by atomic mass is 14.9. The van der Waals surface area contributed by atoms with Crippen molar-refractivity contribution in [2.24, 2.45) is 0 Å². The SMILES string of the molecule is Cc1ccc(-c2cncc(CC3CC(c4ccccc4)=CCN3)c2)cc1. The van der Waals surface area contributed by atoms with Crippen LogP contribution in [0.2, 0.25) is 0 Å². The number of hydrogen-bond acceptors (Lipinski definition) is 2. The smallest absolute Gasteiger partial charge is 0.0346 e. The van der Waals surface area contributed by atoms with Crippen molar-refractivity contribution >= 4 is 5.57 Å². The third-order valence-corrected chi connectivity index (χ3v) is 5.03. The van der Waals surface area contributed by atoms with E-state index in [0.717, 1.165) is 19.4 Å². The molecule has 1 aliphatic heterocycles. The number of pyridine rings is 1. The van der Waals surface area contributed by atoms with Gasteiger partial charge < -0.3 is 5.32 Å². The quantitative estimate of drug-likeness (QED) is 0.719. The van der Waals surface area contributed by atoms with Crippen molar-refractivity contribution in [3.63, 3.8) is 0 Å². The van der Waals surface area contributed by atoms with Gasteiger partial charge in [0, 0.05) is 30.5 Å². The largest absolute Gasteiger partial charge is 0.310 e. The Morgan fingerprint density at radius 3 is 2.54 bits per heavy atom. The Morgan fingerprint density at radius 2 is 1.73 bits per heavy atom. The van der Waals surface area contributed by atoms with E-state index in [1.807, 2.05) is 12.4 Å². The summed E-state index contributed by atoms with van der Waals surface area (Å²) in [5.74, 6) is 0. The Hall–Kier alpha value is -2.71. The van der Waals surface area contributed by atoms with Crippen LogP contribution in [-0.4, -0.2) is 17.6 Å². The van der Waals surface area contributed by atoms with Crippen LogP contribution in [0.25, 0.3) is 16.7 Å². The lowest BCUT2D eigenvalue weighted by molar-refractivity contribution is 0.532. The first kappa shape index (κ1) is 16.7. The maximum absolute atomic E-state index is 4.48. The third-order valence-electron chi connectivity index (χ3n) is 5.03. The van der Waals surface area contributed by atoms with Crippen LogP contribution in [0.4, 0.5) is 0 Å². The lowest BCUT2D eigenvalue weighted by atomic mass is 9.92. The Labute approximate surface area is 155 Å². The molecule has 1 N–H and O–H groups in total. The van der Waals surface area contributed by atoms with Gasteiger partial charge in [-0.3, -0.25) is 4.98 Å². The molecular weight excluding hydrogens is 316 g/mol. The van der Waals surface area contributed by atoms with Crippen LogP contribution in [0.15, 0.2) is 79.1 Å². The van der Waals surface area contributed by atoms with Crippen molar-refractivity contribution in [2.45, 2.75) is 25.8 Å². The maximum Gasteiger partial charge on any atom is 0.0346 e. The molecule has 0 amide bonds. The Bertz CT molecular complexity index is 895. The predicted octanol–water partition coefficient (Wildman–Crippen LogP) is 5.05. The molecule has 2 aromatic carbocycles. The highest BCUT2D eigenvalue weighted by molar-refractivity contribution is 5.67. The number of hydrogen-bond donors (Lipinski definition) is 1. The molecule has 1 aromatic heterocycles. The summed E-state index contributed by atoms with van der Waals surface area (Å²) >= 11 is 0. The molecule has 0 fully saturated rings. The lowest BCUT2D eigenvalue weighted by Gasteiger charge is -2.25. The van der Waals surface area contributed by atoms with Gasteiger partial charge in [-0.2, -0.15) is 0 Å². The van der Waals surface area contributed by atoms with Gasteiger partial charge in [-0.25, -0.2) is 0 Å². The molecule has 0 saturated heterocycles. The number of aromatic nitrogens is 1. The first-order valence-electron chi connectivity index (χ1n) is 9.27. The average molecular weight is 340 g/mol. The van der Waals surface area contributed by atoms with Gasteiger partial charge in [0.05, 0.1) is 0 Å². The highest BCUT2D eigenvalue weighted by Gasteiger charge is 2.16. The van der Waals surface area contributed by atoms with E-state index in [1.54, 1.807) is 0 Å². The number of rotatable bonds is 4. The molecule has 0 bridgehead atoms. The summed E-state index contributed by atoms with van der Waals surface area (Å²) < 4.78 is 0. The minimum absolute atomic E-state index is 0.449. The summed E-state index contributed by atoms with van der Waals surface area (Å²) in [6, 6.07) is 22.1. The second kappa shape index (κ2) is 7.67. The standard InChI is InChI=1S/C24H24N2/c1-18-7-9-21(10-8-18)23-13-19(16-25-17-23)14-24-15-22(11-12-26-24)20-5-3-2-4-6-20/h2-11,13,16-17,24,26H,12,14-15H2,1H3. The van der Waals surface area contributed by atoms with Gasteiger partial charge in [0.1, 0.15) is 0 Å². The molecule has 3 aromatic rings.